The molecule has 3 N–H and O–H groups in total. The molecule has 12 nitrogen and oxygen atoms in total. The van der Waals surface area contributed by atoms with Crippen molar-refractivity contribution in [2.75, 3.05) is 31.5 Å². The number of halogens is 1. The van der Waals surface area contributed by atoms with E-state index in [2.05, 4.69) is 32.2 Å². The lowest BCUT2D eigenvalue weighted by Gasteiger charge is -2.31. The summed E-state index contributed by atoms with van der Waals surface area (Å²) in [6, 6.07) is 12.4. The van der Waals surface area contributed by atoms with Crippen LogP contribution in [0.4, 0.5) is 10.1 Å². The van der Waals surface area contributed by atoms with Gasteiger partial charge in [0.1, 0.15) is 18.0 Å². The summed E-state index contributed by atoms with van der Waals surface area (Å²) in [4.78, 5) is 40.1. The van der Waals surface area contributed by atoms with E-state index in [1.54, 1.807) is 34.6 Å². The third-order valence-electron chi connectivity index (χ3n) is 7.38. The van der Waals surface area contributed by atoms with E-state index >= 15 is 4.39 Å². The summed E-state index contributed by atoms with van der Waals surface area (Å²) in [5.74, 6) is -1.05. The van der Waals surface area contributed by atoms with Crippen molar-refractivity contribution in [1.82, 2.24) is 29.5 Å². The monoisotopic (exact) mass is 645 g/mol. The molecule has 1 aliphatic rings. The summed E-state index contributed by atoms with van der Waals surface area (Å²) in [5.41, 5.74) is 5.06. The zero-order chi connectivity index (χ0) is 34.3. The minimum absolute atomic E-state index is 0.0264. The summed E-state index contributed by atoms with van der Waals surface area (Å²) >= 11 is 0. The van der Waals surface area contributed by atoms with Gasteiger partial charge in [-0.3, -0.25) is 19.1 Å². The number of hydrogen-bond donors (Lipinski definition) is 3. The molecule has 1 aliphatic heterocycles. The Morgan fingerprint density at radius 3 is 2.38 bits per heavy atom. The number of carbonyl (C=O) groups excluding carboxylic acids is 2. The first-order chi connectivity index (χ1) is 22.3. The number of hydrogen-bond acceptors (Lipinski definition) is 8. The molecule has 4 aromatic rings. The molecular formula is C34H40FN7O5. The molecule has 0 spiro atoms. The lowest BCUT2D eigenvalue weighted by atomic mass is 10.0. The van der Waals surface area contributed by atoms with Crippen LogP contribution in [0.5, 0.6) is 0 Å². The number of nitrogens with zero attached hydrogens (tertiary/aromatic N) is 5. The second kappa shape index (κ2) is 14.9. The SMILES string of the molecule is C=C(c1ccc(NC(=O)c2ncc(-c3ccc(-c4cn(CC(=O)OC(C)(C)C)nc4C)cc3)n2C)cc1F)N1CCNCC1.O=CO. The summed E-state index contributed by atoms with van der Waals surface area (Å²) in [7, 11) is 1.76. The van der Waals surface area contributed by atoms with Crippen LogP contribution in [0.1, 0.15) is 42.6 Å². The van der Waals surface area contributed by atoms with Crippen LogP contribution in [-0.2, 0) is 27.9 Å². The van der Waals surface area contributed by atoms with Crippen LogP contribution in [0.25, 0.3) is 28.1 Å². The molecule has 2 aromatic heterocycles. The fourth-order valence-electron chi connectivity index (χ4n) is 5.22. The number of imidazole rings is 1. The lowest BCUT2D eigenvalue weighted by Crippen LogP contribution is -2.42. The molecule has 0 aliphatic carbocycles. The van der Waals surface area contributed by atoms with Gasteiger partial charge in [-0.1, -0.05) is 30.8 Å². The van der Waals surface area contributed by atoms with Crippen molar-refractivity contribution >= 4 is 29.7 Å². The summed E-state index contributed by atoms with van der Waals surface area (Å²) in [5, 5.41) is 17.4. The molecule has 1 fully saturated rings. The highest BCUT2D eigenvalue weighted by Gasteiger charge is 2.20. The van der Waals surface area contributed by atoms with E-state index < -0.39 is 17.3 Å². The highest BCUT2D eigenvalue weighted by molar-refractivity contribution is 6.02. The second-order valence-corrected chi connectivity index (χ2v) is 12.0. The number of nitrogens with one attached hydrogen (secondary N) is 2. The molecule has 0 unspecified atom stereocenters. The van der Waals surface area contributed by atoms with Crippen LogP contribution in [-0.4, -0.2) is 79.5 Å². The first-order valence-electron chi connectivity index (χ1n) is 15.0. The average Bonchev–Trinajstić information content (AvgIpc) is 3.58. The number of rotatable bonds is 8. The van der Waals surface area contributed by atoms with Gasteiger partial charge in [0.25, 0.3) is 12.4 Å². The Hall–Kier alpha value is -5.30. The quantitative estimate of drug-likeness (QED) is 0.186. The molecule has 5 rings (SSSR count). The zero-order valence-electron chi connectivity index (χ0n) is 27.2. The summed E-state index contributed by atoms with van der Waals surface area (Å²) in [6.07, 6.45) is 3.46. The fraction of sp³-hybridized carbons (Fsp3) is 0.324. The maximum Gasteiger partial charge on any atom is 0.328 e. The lowest BCUT2D eigenvalue weighted by molar-refractivity contribution is -0.155. The first kappa shape index (κ1) is 34.6. The van der Waals surface area contributed by atoms with Gasteiger partial charge < -0.3 is 29.9 Å². The first-order valence-corrected chi connectivity index (χ1v) is 15.0. The van der Waals surface area contributed by atoms with Gasteiger partial charge in [0, 0.05) is 61.9 Å². The van der Waals surface area contributed by atoms with Crippen molar-refractivity contribution in [2.24, 2.45) is 7.05 Å². The zero-order valence-corrected chi connectivity index (χ0v) is 27.2. The normalized spacial score (nSPS) is 12.9. The van der Waals surface area contributed by atoms with Crippen LogP contribution in [0, 0.1) is 12.7 Å². The van der Waals surface area contributed by atoms with Crippen LogP contribution in [0.3, 0.4) is 0 Å². The van der Waals surface area contributed by atoms with Crippen molar-refractivity contribution in [3.05, 3.63) is 84.3 Å². The van der Waals surface area contributed by atoms with E-state index in [0.717, 1.165) is 54.3 Å². The van der Waals surface area contributed by atoms with Gasteiger partial charge in [-0.15, -0.1) is 0 Å². The fourth-order valence-corrected chi connectivity index (χ4v) is 5.22. The van der Waals surface area contributed by atoms with Crippen LogP contribution < -0.4 is 10.6 Å². The van der Waals surface area contributed by atoms with Gasteiger partial charge in [-0.25, -0.2) is 9.37 Å². The third kappa shape index (κ3) is 8.70. The van der Waals surface area contributed by atoms with Gasteiger partial charge in [-0.05, 0) is 57.0 Å². The van der Waals surface area contributed by atoms with Crippen molar-refractivity contribution in [1.29, 1.82) is 0 Å². The maximum absolute atomic E-state index is 15.0. The topological polar surface area (TPSA) is 144 Å². The Morgan fingerprint density at radius 2 is 1.77 bits per heavy atom. The molecule has 0 bridgehead atoms. The standard InChI is InChI=1S/C33H38FN7O3.CH2O2/c1-21-27(19-41(38-21)20-30(42)44-33(3,4)5)23-7-9-24(10-8-23)29-18-36-31(39(29)6)32(43)37-25-11-12-26(28(34)17-25)22(2)40-15-13-35-14-16-40;2-1-3/h7-12,17-19,35H,2,13-16,20H2,1,3-6H3,(H,37,43);1H,(H,2,3). The molecule has 0 radical (unpaired) electrons. The molecule has 2 aromatic carbocycles. The number of aryl methyl sites for hydroxylation is 1. The van der Waals surface area contributed by atoms with E-state index in [1.807, 2.05) is 58.2 Å². The summed E-state index contributed by atoms with van der Waals surface area (Å²) < 4.78 is 23.7. The molecule has 13 heteroatoms. The Kier molecular flexibility index (Phi) is 10.9. The van der Waals surface area contributed by atoms with Crippen molar-refractivity contribution in [3.8, 4) is 22.4 Å². The number of carbonyl (C=O) groups is 3. The Morgan fingerprint density at radius 1 is 1.13 bits per heavy atom. The van der Waals surface area contributed by atoms with Gasteiger partial charge in [0.05, 0.1) is 17.6 Å². The number of ether oxygens (including phenoxy) is 1. The van der Waals surface area contributed by atoms with Crippen LogP contribution in [0.15, 0.2) is 61.4 Å². The number of amides is 1. The van der Waals surface area contributed by atoms with E-state index in [1.165, 1.54) is 6.07 Å². The summed E-state index contributed by atoms with van der Waals surface area (Å²) in [6.45, 7) is 14.4. The van der Waals surface area contributed by atoms with Crippen LogP contribution >= 0.6 is 0 Å². The minimum atomic E-state index is -0.561. The highest BCUT2D eigenvalue weighted by Crippen LogP contribution is 2.28. The number of esters is 1. The number of anilines is 1. The Labute approximate surface area is 272 Å². The molecular weight excluding hydrogens is 605 g/mol. The van der Waals surface area contributed by atoms with Gasteiger partial charge >= 0.3 is 5.97 Å². The molecule has 248 valence electrons. The van der Waals surface area contributed by atoms with Gasteiger partial charge in [0.2, 0.25) is 0 Å². The third-order valence-corrected chi connectivity index (χ3v) is 7.38. The minimum Gasteiger partial charge on any atom is -0.483 e. The molecule has 47 heavy (non-hydrogen) atoms. The molecule has 0 atom stereocenters. The van der Waals surface area contributed by atoms with E-state index in [4.69, 9.17) is 14.6 Å². The van der Waals surface area contributed by atoms with E-state index in [-0.39, 0.29) is 24.8 Å². The Balaban J connectivity index is 0.00000160. The Bertz CT molecular complexity index is 1750. The average molecular weight is 646 g/mol. The predicted octanol–water partition coefficient (Wildman–Crippen LogP) is 4.57. The number of carboxylic acid groups (broad SMARTS) is 1. The predicted molar refractivity (Wildman–Crippen MR) is 177 cm³/mol. The second-order valence-electron chi connectivity index (χ2n) is 12.0. The van der Waals surface area contributed by atoms with E-state index in [0.29, 0.717) is 16.9 Å². The molecule has 3 heterocycles. The highest BCUT2D eigenvalue weighted by atomic mass is 19.1. The van der Waals surface area contributed by atoms with E-state index in [9.17, 15) is 9.59 Å². The molecule has 0 saturated carbocycles. The van der Waals surface area contributed by atoms with Crippen molar-refractivity contribution < 1.29 is 28.6 Å². The number of benzene rings is 2. The number of piperazine rings is 1. The smallest absolute Gasteiger partial charge is 0.328 e. The maximum atomic E-state index is 15.0. The van der Waals surface area contributed by atoms with Crippen LogP contribution in [0.2, 0.25) is 0 Å². The largest absolute Gasteiger partial charge is 0.483 e. The van der Waals surface area contributed by atoms with Gasteiger partial charge in [0.15, 0.2) is 5.82 Å². The number of aromatic nitrogens is 4. The molecule has 1 amide bonds. The van der Waals surface area contributed by atoms with Crippen molar-refractivity contribution in [2.45, 2.75) is 39.8 Å². The van der Waals surface area contributed by atoms with Gasteiger partial charge in [-0.2, -0.15) is 5.10 Å². The molecule has 1 saturated heterocycles. The van der Waals surface area contributed by atoms with Crippen molar-refractivity contribution in [3.63, 3.8) is 0 Å².